The standard InChI is InChI=1S/3C4H9.C2H4O3S.Sn/c3*1-3-4-2;3-1(4)2(5)6;/h3*1,3-4H2,2H3;2,5-6H,(H,3,4);. The van der Waals surface area contributed by atoms with Crippen LogP contribution < -0.4 is 0 Å². The van der Waals surface area contributed by atoms with Crippen molar-refractivity contribution in [3.63, 3.8) is 0 Å². The van der Waals surface area contributed by atoms with Crippen LogP contribution in [0, 0.1) is 0 Å². The molecule has 1 unspecified atom stereocenters. The summed E-state index contributed by atoms with van der Waals surface area (Å²) in [4.78, 5) is 9.37. The molecule has 0 amide bonds. The Morgan fingerprint density at radius 3 is 1.42 bits per heavy atom. The smallest absolute Gasteiger partial charge is 0.342 e. The molecular formula is C14H31O3SSn. The number of hydrogen-bond donors (Lipinski definition) is 3. The van der Waals surface area contributed by atoms with Gasteiger partial charge in [0.25, 0.3) is 0 Å². The number of unbranched alkanes of at least 4 members (excludes halogenated alkanes) is 3. The van der Waals surface area contributed by atoms with Gasteiger partial charge < -0.3 is 10.2 Å². The van der Waals surface area contributed by atoms with Gasteiger partial charge in [-0.05, 0) is 0 Å². The predicted octanol–water partition coefficient (Wildman–Crippen LogP) is 4.20. The van der Waals surface area contributed by atoms with Crippen molar-refractivity contribution in [2.75, 3.05) is 0 Å². The number of aliphatic hydroxyl groups excluding tert-OH is 1. The van der Waals surface area contributed by atoms with Gasteiger partial charge in [-0.15, -0.1) is 12.6 Å². The minimum atomic E-state index is -1.54. The first-order valence-electron chi connectivity index (χ1n) is 7.41. The second-order valence-electron chi connectivity index (χ2n) is 4.77. The molecule has 0 fully saturated rings. The molecule has 0 aromatic carbocycles. The van der Waals surface area contributed by atoms with Crippen molar-refractivity contribution in [2.45, 2.75) is 78.0 Å². The van der Waals surface area contributed by atoms with Crippen LogP contribution in [0.25, 0.3) is 0 Å². The van der Waals surface area contributed by atoms with Gasteiger partial charge in [0.2, 0.25) is 0 Å². The quantitative estimate of drug-likeness (QED) is 0.294. The summed E-state index contributed by atoms with van der Waals surface area (Å²) < 4.78 is 5.04. The Labute approximate surface area is 131 Å². The van der Waals surface area contributed by atoms with Crippen LogP contribution in [0.3, 0.4) is 0 Å². The monoisotopic (exact) mass is 399 g/mol. The predicted molar refractivity (Wildman–Crippen MR) is 87.5 cm³/mol. The fourth-order valence-corrected chi connectivity index (χ4v) is 11.1. The summed E-state index contributed by atoms with van der Waals surface area (Å²) in [6.07, 6.45) is 8.85. The third kappa shape index (κ3) is 18.6. The van der Waals surface area contributed by atoms with Crippen molar-refractivity contribution in [3.8, 4) is 0 Å². The van der Waals surface area contributed by atoms with E-state index in [2.05, 4.69) is 33.4 Å². The number of carboxylic acid groups (broad SMARTS) is 1. The maximum Gasteiger partial charge on any atom is 0.342 e. The average molecular weight is 398 g/mol. The second-order valence-corrected chi connectivity index (χ2v) is 13.8. The number of thiol groups is 1. The van der Waals surface area contributed by atoms with Gasteiger partial charge >= 0.3 is 98.3 Å². The maximum absolute atomic E-state index is 9.37. The molecule has 0 bridgehead atoms. The Morgan fingerprint density at radius 2 is 1.26 bits per heavy atom. The van der Waals surface area contributed by atoms with Gasteiger partial charge in [0.05, 0.1) is 0 Å². The third-order valence-electron chi connectivity index (χ3n) is 2.87. The molecule has 0 aliphatic carbocycles. The first-order valence-corrected chi connectivity index (χ1v) is 14.0. The third-order valence-corrected chi connectivity index (χ3v) is 12.2. The van der Waals surface area contributed by atoms with E-state index < -0.39 is 31.2 Å². The minimum Gasteiger partial charge on any atom is -0.479 e. The molecule has 0 aromatic rings. The van der Waals surface area contributed by atoms with Crippen molar-refractivity contribution in [1.82, 2.24) is 0 Å². The van der Waals surface area contributed by atoms with E-state index in [4.69, 9.17) is 10.2 Å². The number of aliphatic carboxylic acids is 1. The van der Waals surface area contributed by atoms with Gasteiger partial charge in [-0.3, -0.25) is 0 Å². The van der Waals surface area contributed by atoms with Crippen LogP contribution in [-0.2, 0) is 4.79 Å². The molecule has 0 heterocycles. The Hall–Kier alpha value is 0.579. The van der Waals surface area contributed by atoms with Crippen molar-refractivity contribution < 1.29 is 15.0 Å². The molecule has 115 valence electrons. The summed E-state index contributed by atoms with van der Waals surface area (Å²) in [6.45, 7) is 7.00. The largest absolute Gasteiger partial charge is 0.479 e. The molecule has 0 aliphatic rings. The van der Waals surface area contributed by atoms with E-state index in [0.717, 1.165) is 0 Å². The molecule has 19 heavy (non-hydrogen) atoms. The molecule has 0 aromatic heterocycles. The molecule has 0 rings (SSSR count). The maximum atomic E-state index is 9.37. The van der Waals surface area contributed by atoms with Crippen molar-refractivity contribution >= 4 is 38.4 Å². The van der Waals surface area contributed by atoms with Gasteiger partial charge in [-0.1, -0.05) is 0 Å². The molecule has 0 aliphatic heterocycles. The number of carbonyl (C=O) groups is 1. The molecule has 3 nitrogen and oxygen atoms in total. The number of hydrogen-bond acceptors (Lipinski definition) is 3. The summed E-state index contributed by atoms with van der Waals surface area (Å²) >= 11 is 2.31. The Balaban J connectivity index is 0. The van der Waals surface area contributed by atoms with Crippen LogP contribution >= 0.6 is 12.6 Å². The molecule has 0 saturated heterocycles. The minimum absolute atomic E-state index is 0.839. The van der Waals surface area contributed by atoms with Crippen LogP contribution in [0.4, 0.5) is 0 Å². The molecule has 1 radical (unpaired) electrons. The van der Waals surface area contributed by atoms with Gasteiger partial charge in [0.15, 0.2) is 5.44 Å². The molecule has 2 N–H and O–H groups in total. The number of aliphatic hydroxyl groups is 1. The zero-order chi connectivity index (χ0) is 15.1. The van der Waals surface area contributed by atoms with Gasteiger partial charge in [-0.2, -0.15) is 0 Å². The summed E-state index contributed by atoms with van der Waals surface area (Å²) in [5.41, 5.74) is -1.54. The van der Waals surface area contributed by atoms with Crippen molar-refractivity contribution in [3.05, 3.63) is 0 Å². The zero-order valence-corrected chi connectivity index (χ0v) is 16.4. The van der Waals surface area contributed by atoms with E-state index in [1.54, 1.807) is 13.3 Å². The van der Waals surface area contributed by atoms with Gasteiger partial charge in [-0.25, -0.2) is 4.79 Å². The Kier molecular flexibility index (Phi) is 19.1. The molecule has 1 atom stereocenters. The molecule has 0 spiro atoms. The summed E-state index contributed by atoms with van der Waals surface area (Å²) in [5.74, 6) is -1.32. The van der Waals surface area contributed by atoms with Crippen LogP contribution in [0.2, 0.25) is 13.3 Å². The van der Waals surface area contributed by atoms with E-state index in [9.17, 15) is 4.79 Å². The normalized spacial score (nSPS) is 11.9. The van der Waals surface area contributed by atoms with E-state index >= 15 is 0 Å². The van der Waals surface area contributed by atoms with Crippen LogP contribution in [0.5, 0.6) is 0 Å². The Bertz CT molecular complexity index is 182. The van der Waals surface area contributed by atoms with E-state index in [1.807, 2.05) is 0 Å². The first kappa shape index (κ1) is 21.9. The molecule has 5 heteroatoms. The van der Waals surface area contributed by atoms with Gasteiger partial charge in [0.1, 0.15) is 0 Å². The van der Waals surface area contributed by atoms with Gasteiger partial charge in [0, 0.05) is 0 Å². The Morgan fingerprint density at radius 1 is 1.00 bits per heavy atom. The zero-order valence-electron chi connectivity index (χ0n) is 12.7. The summed E-state index contributed by atoms with van der Waals surface area (Å²) in [5, 5.41) is 15.6. The van der Waals surface area contributed by atoms with E-state index in [1.165, 1.54) is 38.5 Å². The SMILES string of the molecule is CCC[CH2][Sn]([CH2]CCC)[CH2]CCC.O=C(O)C(O)S. The van der Waals surface area contributed by atoms with Crippen molar-refractivity contribution in [2.24, 2.45) is 0 Å². The first-order chi connectivity index (χ1) is 8.99. The number of rotatable bonds is 10. The van der Waals surface area contributed by atoms with Crippen LogP contribution in [-0.4, -0.2) is 41.4 Å². The van der Waals surface area contributed by atoms with Crippen LogP contribution in [0.1, 0.15) is 59.3 Å². The van der Waals surface area contributed by atoms with Crippen LogP contribution in [0.15, 0.2) is 0 Å². The second kappa shape index (κ2) is 16.6. The van der Waals surface area contributed by atoms with Crippen molar-refractivity contribution in [1.29, 1.82) is 0 Å². The fourth-order valence-electron chi connectivity index (χ4n) is 1.66. The summed E-state index contributed by atoms with van der Waals surface area (Å²) in [6, 6.07) is 0. The number of carboxylic acids is 1. The van der Waals surface area contributed by atoms with E-state index in [-0.39, 0.29) is 0 Å². The summed E-state index contributed by atoms with van der Waals surface area (Å²) in [7, 11) is 0. The fraction of sp³-hybridized carbons (Fsp3) is 0.929. The molecule has 0 saturated carbocycles. The average Bonchev–Trinajstić information content (AvgIpc) is 2.38. The topological polar surface area (TPSA) is 57.5 Å². The molecular weight excluding hydrogens is 367 g/mol. The van der Waals surface area contributed by atoms with E-state index in [0.29, 0.717) is 0 Å².